The maximum Gasteiger partial charge on any atom is 0.276 e. The number of hydrogen-bond acceptors (Lipinski definition) is 8. The molecule has 0 saturated heterocycles. The first-order valence-corrected chi connectivity index (χ1v) is 14.0. The van der Waals surface area contributed by atoms with Crippen molar-refractivity contribution in [3.8, 4) is 6.07 Å². The molecular formula is C28H32F2N8O3. The number of amides is 2. The summed E-state index contributed by atoms with van der Waals surface area (Å²) in [5, 5.41) is 27.8. The van der Waals surface area contributed by atoms with Crippen molar-refractivity contribution in [3.63, 3.8) is 0 Å². The zero-order valence-corrected chi connectivity index (χ0v) is 23.0. The second-order valence-corrected chi connectivity index (χ2v) is 12.4. The molecule has 0 radical (unpaired) electrons. The number of hydrogen-bond donors (Lipinski definition) is 2. The summed E-state index contributed by atoms with van der Waals surface area (Å²) >= 11 is 0. The van der Waals surface area contributed by atoms with Crippen molar-refractivity contribution in [2.75, 3.05) is 0 Å². The molecule has 3 aliphatic carbocycles. The molecule has 3 heterocycles. The van der Waals surface area contributed by atoms with Crippen molar-refractivity contribution in [2.45, 2.75) is 89.6 Å². The van der Waals surface area contributed by atoms with Crippen LogP contribution >= 0.6 is 0 Å². The summed E-state index contributed by atoms with van der Waals surface area (Å²) in [6.45, 7) is 3.67. The van der Waals surface area contributed by atoms with E-state index >= 15 is 0 Å². The molecule has 3 aliphatic rings. The van der Waals surface area contributed by atoms with Crippen molar-refractivity contribution >= 4 is 17.5 Å². The quantitative estimate of drug-likeness (QED) is 0.388. The van der Waals surface area contributed by atoms with Crippen LogP contribution in [-0.2, 0) is 4.79 Å². The number of carbonyl (C=O) groups is 2. The van der Waals surface area contributed by atoms with E-state index in [1.165, 1.54) is 0 Å². The Kier molecular flexibility index (Phi) is 6.54. The van der Waals surface area contributed by atoms with Gasteiger partial charge in [-0.3, -0.25) is 9.59 Å². The topological polar surface area (TPSA) is 151 Å². The Balaban J connectivity index is 1.30. The number of halogens is 2. The van der Waals surface area contributed by atoms with Gasteiger partial charge in [-0.05, 0) is 73.6 Å². The number of imidazole rings is 1. The summed E-state index contributed by atoms with van der Waals surface area (Å²) in [6, 6.07) is 2.98. The van der Waals surface area contributed by atoms with Gasteiger partial charge in [-0.25, -0.2) is 22.9 Å². The molecule has 0 bridgehead atoms. The SMILES string of the molecule is Cc1nonc1C(=O)N[C@H](c1cn2ncc([C@@H](NC(=O)CC3(C)CC3)C3(C#N)CC3)cc2n1)C1CCC(F)(F)CC1. The van der Waals surface area contributed by atoms with Crippen LogP contribution in [0.2, 0.25) is 0 Å². The first-order valence-electron chi connectivity index (χ1n) is 14.0. The van der Waals surface area contributed by atoms with Crippen molar-refractivity contribution in [3.05, 3.63) is 41.1 Å². The van der Waals surface area contributed by atoms with Crippen LogP contribution in [0.5, 0.6) is 0 Å². The van der Waals surface area contributed by atoms with Gasteiger partial charge >= 0.3 is 0 Å². The van der Waals surface area contributed by atoms with Gasteiger partial charge in [-0.2, -0.15) is 10.4 Å². The highest BCUT2D eigenvalue weighted by Crippen LogP contribution is 2.55. The largest absolute Gasteiger partial charge is 0.348 e. The molecule has 2 atom stereocenters. The smallest absolute Gasteiger partial charge is 0.276 e. The molecule has 11 nitrogen and oxygen atoms in total. The van der Waals surface area contributed by atoms with E-state index in [0.29, 0.717) is 41.9 Å². The number of nitrogens with one attached hydrogen (secondary N) is 2. The Morgan fingerprint density at radius 3 is 2.51 bits per heavy atom. The summed E-state index contributed by atoms with van der Waals surface area (Å²) in [5.41, 5.74) is 1.27. The Morgan fingerprint density at radius 2 is 1.90 bits per heavy atom. The van der Waals surface area contributed by atoms with Crippen LogP contribution in [0.1, 0.15) is 104 Å². The summed E-state index contributed by atoms with van der Waals surface area (Å²) < 4.78 is 34.2. The van der Waals surface area contributed by atoms with E-state index in [2.05, 4.69) is 43.7 Å². The highest BCUT2D eigenvalue weighted by Gasteiger charge is 2.52. The molecule has 3 saturated carbocycles. The van der Waals surface area contributed by atoms with Crippen LogP contribution in [0.15, 0.2) is 23.1 Å². The molecule has 0 unspecified atom stereocenters. The third-order valence-corrected chi connectivity index (χ3v) is 8.96. The molecule has 3 aromatic rings. The minimum atomic E-state index is -2.73. The predicted octanol–water partition coefficient (Wildman–Crippen LogP) is 4.37. The molecule has 0 aromatic carbocycles. The third-order valence-electron chi connectivity index (χ3n) is 8.96. The monoisotopic (exact) mass is 566 g/mol. The van der Waals surface area contributed by atoms with Crippen LogP contribution in [0.3, 0.4) is 0 Å². The minimum absolute atomic E-state index is 0.0187. The second-order valence-electron chi connectivity index (χ2n) is 12.4. The molecule has 3 fully saturated rings. The molecule has 0 spiro atoms. The van der Waals surface area contributed by atoms with E-state index in [4.69, 9.17) is 4.98 Å². The summed E-state index contributed by atoms with van der Waals surface area (Å²) in [5.74, 6) is -3.64. The van der Waals surface area contributed by atoms with Gasteiger partial charge in [0, 0.05) is 19.3 Å². The van der Waals surface area contributed by atoms with E-state index in [1.54, 1.807) is 29.9 Å². The molecule has 2 N–H and O–H groups in total. The van der Waals surface area contributed by atoms with Crippen LogP contribution in [0.4, 0.5) is 8.78 Å². The summed E-state index contributed by atoms with van der Waals surface area (Å²) in [7, 11) is 0. The molecule has 3 aromatic heterocycles. The highest BCUT2D eigenvalue weighted by atomic mass is 19.3. The second kappa shape index (κ2) is 9.85. The molecule has 216 valence electrons. The van der Waals surface area contributed by atoms with Gasteiger partial charge < -0.3 is 10.6 Å². The number of alkyl halides is 2. The fourth-order valence-corrected chi connectivity index (χ4v) is 5.82. The Labute approximate surface area is 235 Å². The highest BCUT2D eigenvalue weighted by molar-refractivity contribution is 5.93. The molecular weight excluding hydrogens is 534 g/mol. The molecule has 0 aliphatic heterocycles. The normalized spacial score (nSPS) is 21.9. The number of rotatable bonds is 9. The van der Waals surface area contributed by atoms with Gasteiger partial charge in [0.25, 0.3) is 5.91 Å². The number of aromatic nitrogens is 5. The lowest BCUT2D eigenvalue weighted by molar-refractivity contribution is -0.123. The lowest BCUT2D eigenvalue weighted by Crippen LogP contribution is -2.37. The van der Waals surface area contributed by atoms with Gasteiger partial charge in [0.1, 0.15) is 5.69 Å². The van der Waals surface area contributed by atoms with Crippen LogP contribution in [0, 0.1) is 35.0 Å². The van der Waals surface area contributed by atoms with Gasteiger partial charge in [0.2, 0.25) is 11.8 Å². The lowest BCUT2D eigenvalue weighted by atomic mass is 9.81. The van der Waals surface area contributed by atoms with Gasteiger partial charge in [0.15, 0.2) is 11.3 Å². The van der Waals surface area contributed by atoms with E-state index in [9.17, 15) is 23.6 Å². The number of nitrogens with zero attached hydrogens (tertiary/aromatic N) is 6. The van der Waals surface area contributed by atoms with E-state index in [-0.39, 0.29) is 48.6 Å². The first-order chi connectivity index (χ1) is 19.5. The lowest BCUT2D eigenvalue weighted by Gasteiger charge is -2.33. The van der Waals surface area contributed by atoms with Crippen LogP contribution in [0.25, 0.3) is 5.65 Å². The third kappa shape index (κ3) is 5.52. The summed E-state index contributed by atoms with van der Waals surface area (Å²) in [6.07, 6.45) is 6.95. The maximum atomic E-state index is 14.0. The molecule has 6 rings (SSSR count). The first kappa shape index (κ1) is 27.2. The molecule has 41 heavy (non-hydrogen) atoms. The maximum absolute atomic E-state index is 14.0. The van der Waals surface area contributed by atoms with Crippen LogP contribution < -0.4 is 10.6 Å². The van der Waals surface area contributed by atoms with Crippen molar-refractivity contribution in [2.24, 2.45) is 16.7 Å². The fraction of sp³-hybridized carbons (Fsp3) is 0.607. The van der Waals surface area contributed by atoms with E-state index < -0.39 is 29.3 Å². The van der Waals surface area contributed by atoms with Gasteiger partial charge in [0.05, 0.1) is 41.7 Å². The average molecular weight is 567 g/mol. The van der Waals surface area contributed by atoms with E-state index in [1.807, 2.05) is 0 Å². The van der Waals surface area contributed by atoms with Crippen LogP contribution in [-0.4, -0.2) is 42.6 Å². The van der Waals surface area contributed by atoms with Crippen molar-refractivity contribution in [1.82, 2.24) is 35.5 Å². The predicted molar refractivity (Wildman–Crippen MR) is 139 cm³/mol. The fourth-order valence-electron chi connectivity index (χ4n) is 5.82. The number of fused-ring (bicyclic) bond motifs is 1. The van der Waals surface area contributed by atoms with E-state index in [0.717, 1.165) is 12.8 Å². The summed E-state index contributed by atoms with van der Waals surface area (Å²) in [4.78, 5) is 30.7. The number of nitriles is 1. The Bertz CT molecular complexity index is 1520. The zero-order valence-electron chi connectivity index (χ0n) is 23.0. The van der Waals surface area contributed by atoms with Crippen molar-refractivity contribution in [1.29, 1.82) is 5.26 Å². The Morgan fingerprint density at radius 1 is 1.17 bits per heavy atom. The number of aryl methyl sites for hydroxylation is 1. The van der Waals surface area contributed by atoms with Crippen molar-refractivity contribution < 1.29 is 23.0 Å². The van der Waals surface area contributed by atoms with Gasteiger partial charge in [-0.15, -0.1) is 0 Å². The average Bonchev–Trinajstić information content (AvgIpc) is 3.78. The zero-order chi connectivity index (χ0) is 29.0. The number of carbonyl (C=O) groups excluding carboxylic acids is 2. The minimum Gasteiger partial charge on any atom is -0.348 e. The molecule has 13 heteroatoms. The van der Waals surface area contributed by atoms with Gasteiger partial charge in [-0.1, -0.05) is 12.1 Å². The standard InChI is InChI=1S/C28H32F2N8O3/c1-16-22(37-41-36-16)25(40)35-23(17-3-5-28(29,30)6-4-17)19-14-38-20(33-19)11-18(13-32-38)24(27(15-31)9-10-27)34-21(39)12-26(2)7-8-26/h11,13-14,17,23-24H,3-10,12H2,1-2H3,(H,34,39)(H,35,40)/t23-,24+/m0/s1. The Hall–Kier alpha value is -3.95. The molecule has 2 amide bonds.